The van der Waals surface area contributed by atoms with Gasteiger partial charge in [0.25, 0.3) is 11.5 Å². The highest BCUT2D eigenvalue weighted by Gasteiger charge is 2.24. The van der Waals surface area contributed by atoms with Gasteiger partial charge in [-0.25, -0.2) is 4.98 Å². The maximum atomic E-state index is 13.6. The summed E-state index contributed by atoms with van der Waals surface area (Å²) in [4.78, 5) is 33.4. The molecule has 2 aromatic heterocycles. The van der Waals surface area contributed by atoms with E-state index in [2.05, 4.69) is 16.3 Å². The van der Waals surface area contributed by atoms with Crippen molar-refractivity contribution in [2.45, 2.75) is 39.7 Å². The highest BCUT2D eigenvalue weighted by atomic mass is 32.1. The number of thiophene rings is 1. The van der Waals surface area contributed by atoms with Crippen LogP contribution in [0.5, 0.6) is 0 Å². The van der Waals surface area contributed by atoms with E-state index >= 15 is 0 Å². The number of hydrogen-bond donors (Lipinski definition) is 1. The monoisotopic (exact) mass is 449 g/mol. The summed E-state index contributed by atoms with van der Waals surface area (Å²) in [6.07, 6.45) is 3.23. The lowest BCUT2D eigenvalue weighted by molar-refractivity contribution is 0.0951. The van der Waals surface area contributed by atoms with E-state index in [1.165, 1.54) is 11.3 Å². The first-order valence-electron chi connectivity index (χ1n) is 11.0. The molecule has 0 saturated carbocycles. The predicted molar refractivity (Wildman–Crippen MR) is 127 cm³/mol. The van der Waals surface area contributed by atoms with Gasteiger partial charge in [0, 0.05) is 25.0 Å². The zero-order valence-electron chi connectivity index (χ0n) is 18.4. The number of aromatic nitrogens is 2. The largest absolute Gasteiger partial charge is 0.352 e. The Kier molecular flexibility index (Phi) is 6.56. The molecule has 3 aromatic rings. The molecule has 1 fully saturated rings. The minimum Gasteiger partial charge on any atom is -0.352 e. The van der Waals surface area contributed by atoms with Crippen LogP contribution in [0.15, 0.2) is 34.4 Å². The maximum absolute atomic E-state index is 13.6. The summed E-state index contributed by atoms with van der Waals surface area (Å²) in [6.45, 7) is 6.54. The van der Waals surface area contributed by atoms with Gasteiger partial charge in [-0.2, -0.15) is 5.26 Å². The van der Waals surface area contributed by atoms with Crippen LogP contribution in [-0.2, 0) is 6.54 Å². The molecule has 166 valence electrons. The normalized spacial score (nSPS) is 14.0. The second kappa shape index (κ2) is 9.53. The number of fused-ring (bicyclic) bond motifs is 1. The number of rotatable bonds is 6. The molecule has 1 aromatic carbocycles. The van der Waals surface area contributed by atoms with E-state index in [-0.39, 0.29) is 18.0 Å². The fourth-order valence-corrected chi connectivity index (χ4v) is 4.89. The van der Waals surface area contributed by atoms with Gasteiger partial charge in [0.15, 0.2) is 0 Å². The Morgan fingerprint density at radius 2 is 2.00 bits per heavy atom. The molecule has 1 saturated heterocycles. The van der Waals surface area contributed by atoms with Crippen LogP contribution < -0.4 is 15.8 Å². The van der Waals surface area contributed by atoms with Gasteiger partial charge >= 0.3 is 0 Å². The van der Waals surface area contributed by atoms with Gasteiger partial charge in [-0.05, 0) is 36.8 Å². The number of benzene rings is 1. The van der Waals surface area contributed by atoms with Crippen molar-refractivity contribution in [3.63, 3.8) is 0 Å². The third-order valence-corrected chi connectivity index (χ3v) is 6.64. The Labute approximate surface area is 191 Å². The van der Waals surface area contributed by atoms with E-state index in [0.29, 0.717) is 39.8 Å². The maximum Gasteiger partial charge on any atom is 0.273 e. The summed E-state index contributed by atoms with van der Waals surface area (Å²) >= 11 is 1.25. The molecule has 0 radical (unpaired) electrons. The van der Waals surface area contributed by atoms with E-state index in [0.717, 1.165) is 37.9 Å². The molecule has 0 atom stereocenters. The fraction of sp³-hybridized carbons (Fsp3) is 0.417. The number of nitrogens with zero attached hydrogens (tertiary/aromatic N) is 4. The number of amides is 1. The molecule has 1 aliphatic heterocycles. The average Bonchev–Trinajstić information content (AvgIpc) is 3.24. The SMILES string of the molecule is CC(C)CNC(=O)c1csc2c(=O)n(Cc3ccccc3C#N)c(N3CCCCC3)nc12. The van der Waals surface area contributed by atoms with Crippen molar-refractivity contribution in [1.82, 2.24) is 14.9 Å². The topological polar surface area (TPSA) is 91.0 Å². The van der Waals surface area contributed by atoms with E-state index in [1.54, 1.807) is 16.0 Å². The van der Waals surface area contributed by atoms with Crippen molar-refractivity contribution < 1.29 is 4.79 Å². The lowest BCUT2D eigenvalue weighted by Gasteiger charge is -2.29. The second-order valence-corrected chi connectivity index (χ2v) is 9.43. The molecule has 0 bridgehead atoms. The predicted octanol–water partition coefficient (Wildman–Crippen LogP) is 3.75. The summed E-state index contributed by atoms with van der Waals surface area (Å²) in [5, 5.41) is 14.2. The van der Waals surface area contributed by atoms with Gasteiger partial charge in [-0.15, -0.1) is 11.3 Å². The van der Waals surface area contributed by atoms with Gasteiger partial charge in [-0.1, -0.05) is 32.0 Å². The van der Waals surface area contributed by atoms with Gasteiger partial charge in [0.2, 0.25) is 5.95 Å². The quantitative estimate of drug-likeness (QED) is 0.619. The Morgan fingerprint density at radius 3 is 2.72 bits per heavy atom. The minimum absolute atomic E-state index is 0.170. The van der Waals surface area contributed by atoms with Crippen molar-refractivity contribution in [3.05, 3.63) is 56.7 Å². The van der Waals surface area contributed by atoms with E-state index in [1.807, 2.05) is 32.0 Å². The van der Waals surface area contributed by atoms with Crippen molar-refractivity contribution in [3.8, 4) is 6.07 Å². The Hall–Kier alpha value is -3.18. The molecule has 8 heteroatoms. The van der Waals surface area contributed by atoms with Crippen LogP contribution in [0.3, 0.4) is 0 Å². The summed E-state index contributed by atoms with van der Waals surface area (Å²) in [5.41, 5.74) is 2.07. The molecule has 1 N–H and O–H groups in total. The molecule has 4 rings (SSSR count). The summed E-state index contributed by atoms with van der Waals surface area (Å²) in [5.74, 6) is 0.707. The van der Waals surface area contributed by atoms with Crippen LogP contribution >= 0.6 is 11.3 Å². The number of carbonyl (C=O) groups excluding carboxylic acids is 1. The first kappa shape index (κ1) is 22.0. The van der Waals surface area contributed by atoms with Crippen molar-refractivity contribution >= 4 is 33.4 Å². The van der Waals surface area contributed by atoms with Crippen molar-refractivity contribution in [1.29, 1.82) is 5.26 Å². The zero-order valence-corrected chi connectivity index (χ0v) is 19.2. The molecular weight excluding hydrogens is 422 g/mol. The van der Waals surface area contributed by atoms with Crippen LogP contribution in [0, 0.1) is 17.2 Å². The van der Waals surface area contributed by atoms with E-state index in [4.69, 9.17) is 4.98 Å². The number of piperidine rings is 1. The number of carbonyl (C=O) groups is 1. The smallest absolute Gasteiger partial charge is 0.273 e. The summed E-state index contributed by atoms with van der Waals surface area (Å²) in [6, 6.07) is 9.53. The minimum atomic E-state index is -0.200. The zero-order chi connectivity index (χ0) is 22.7. The fourth-order valence-electron chi connectivity index (χ4n) is 3.96. The van der Waals surface area contributed by atoms with Crippen LogP contribution in [0.2, 0.25) is 0 Å². The first-order chi connectivity index (χ1) is 15.5. The molecule has 32 heavy (non-hydrogen) atoms. The molecular formula is C24H27N5O2S. The number of anilines is 1. The highest BCUT2D eigenvalue weighted by Crippen LogP contribution is 2.26. The number of hydrogen-bond acceptors (Lipinski definition) is 6. The molecule has 1 aliphatic rings. The van der Waals surface area contributed by atoms with Gasteiger partial charge in [0.05, 0.1) is 23.7 Å². The molecule has 0 spiro atoms. The molecule has 0 unspecified atom stereocenters. The van der Waals surface area contributed by atoms with Crippen molar-refractivity contribution in [2.75, 3.05) is 24.5 Å². The van der Waals surface area contributed by atoms with E-state index in [9.17, 15) is 14.9 Å². The number of nitrogens with one attached hydrogen (secondary N) is 1. The van der Waals surface area contributed by atoms with Crippen LogP contribution in [0.25, 0.3) is 10.2 Å². The third kappa shape index (κ3) is 4.39. The average molecular weight is 450 g/mol. The second-order valence-electron chi connectivity index (χ2n) is 8.55. The van der Waals surface area contributed by atoms with Crippen molar-refractivity contribution in [2.24, 2.45) is 5.92 Å². The Balaban J connectivity index is 1.83. The standard InChI is InChI=1S/C24H27N5O2S/c1-16(2)13-26-22(30)19-15-32-21-20(19)27-24(28-10-6-3-7-11-28)29(23(21)31)14-18-9-5-4-8-17(18)12-25/h4-5,8-9,15-16H,3,6-7,10-11,13-14H2,1-2H3,(H,26,30). The lowest BCUT2D eigenvalue weighted by atomic mass is 10.1. The molecule has 1 amide bonds. The highest BCUT2D eigenvalue weighted by molar-refractivity contribution is 7.17. The lowest BCUT2D eigenvalue weighted by Crippen LogP contribution is -2.36. The number of nitriles is 1. The van der Waals surface area contributed by atoms with Crippen LogP contribution in [-0.4, -0.2) is 35.1 Å². The van der Waals surface area contributed by atoms with Crippen LogP contribution in [0.4, 0.5) is 5.95 Å². The third-order valence-electron chi connectivity index (χ3n) is 5.68. The Bertz CT molecular complexity index is 1230. The van der Waals surface area contributed by atoms with Gasteiger partial charge in [-0.3, -0.25) is 14.2 Å². The molecule has 7 nitrogen and oxygen atoms in total. The van der Waals surface area contributed by atoms with Gasteiger partial charge in [0.1, 0.15) is 10.2 Å². The van der Waals surface area contributed by atoms with E-state index < -0.39 is 0 Å². The molecule has 3 heterocycles. The summed E-state index contributed by atoms with van der Waals surface area (Å²) < 4.78 is 2.13. The Morgan fingerprint density at radius 1 is 1.25 bits per heavy atom. The molecule has 0 aliphatic carbocycles. The first-order valence-corrected chi connectivity index (χ1v) is 11.9. The van der Waals surface area contributed by atoms with Gasteiger partial charge < -0.3 is 10.2 Å². The summed E-state index contributed by atoms with van der Waals surface area (Å²) in [7, 11) is 0. The van der Waals surface area contributed by atoms with Crippen LogP contribution in [0.1, 0.15) is 54.6 Å².